The van der Waals surface area contributed by atoms with E-state index in [1.165, 1.54) is 24.3 Å². The Balaban J connectivity index is 0.000000297. The molecule has 0 bridgehead atoms. The van der Waals surface area contributed by atoms with Gasteiger partial charge in [0.25, 0.3) is 5.69 Å². The number of nitro benzene ring substituents is 1. The first-order valence-electron chi connectivity index (χ1n) is 8.57. The molecule has 0 aliphatic rings. The van der Waals surface area contributed by atoms with E-state index in [-0.39, 0.29) is 11.3 Å². The fourth-order valence-corrected chi connectivity index (χ4v) is 5.05. The van der Waals surface area contributed by atoms with E-state index in [2.05, 4.69) is 15.2 Å². The number of non-ortho nitro benzene ring substituents is 1. The molecule has 0 radical (unpaired) electrons. The van der Waals surface area contributed by atoms with Crippen molar-refractivity contribution in [2.45, 2.75) is 6.92 Å². The van der Waals surface area contributed by atoms with Gasteiger partial charge in [0.2, 0.25) is 0 Å². The van der Waals surface area contributed by atoms with Crippen LogP contribution in [-0.2, 0) is 0 Å². The van der Waals surface area contributed by atoms with Crippen LogP contribution in [0, 0.1) is 10.1 Å². The van der Waals surface area contributed by atoms with E-state index in [1.54, 1.807) is 31.3 Å². The third-order valence-electron chi connectivity index (χ3n) is 3.64. The van der Waals surface area contributed by atoms with E-state index in [4.69, 9.17) is 17.8 Å². The van der Waals surface area contributed by atoms with Crippen molar-refractivity contribution < 1.29 is 10.0 Å². The number of aromatic nitrogens is 1. The van der Waals surface area contributed by atoms with E-state index in [1.807, 2.05) is 30.3 Å². The molecule has 3 rings (SSSR count). The van der Waals surface area contributed by atoms with Crippen LogP contribution < -0.4 is 8.69 Å². The van der Waals surface area contributed by atoms with Crippen molar-refractivity contribution in [3.63, 3.8) is 0 Å². The summed E-state index contributed by atoms with van der Waals surface area (Å²) < 4.78 is 1.14. The van der Waals surface area contributed by atoms with Gasteiger partial charge < -0.3 is 5.11 Å². The Morgan fingerprint density at radius 1 is 0.967 bits per heavy atom. The topological polar surface area (TPSA) is 104 Å². The zero-order valence-corrected chi connectivity index (χ0v) is 20.1. The van der Waals surface area contributed by atoms with Crippen LogP contribution in [0.4, 0.5) is 5.69 Å². The molecule has 1 heterocycles. The van der Waals surface area contributed by atoms with Gasteiger partial charge in [0, 0.05) is 24.2 Å². The Labute approximate surface area is 188 Å². The van der Waals surface area contributed by atoms with Gasteiger partial charge in [-0.1, -0.05) is 6.07 Å². The van der Waals surface area contributed by atoms with Crippen LogP contribution in [-0.4, -0.2) is 39.0 Å². The summed E-state index contributed by atoms with van der Waals surface area (Å²) >= 11 is -2.08. The number of rotatable bonds is 5. The van der Waals surface area contributed by atoms with Gasteiger partial charge in [0.05, 0.1) is 16.3 Å². The summed E-state index contributed by atoms with van der Waals surface area (Å²) in [7, 11) is 11.5. The molecule has 2 aromatic carbocycles. The van der Waals surface area contributed by atoms with Crippen molar-refractivity contribution in [3.8, 4) is 0 Å². The van der Waals surface area contributed by atoms with Crippen LogP contribution >= 0.6 is 17.8 Å². The Morgan fingerprint density at radius 3 is 2.10 bits per heavy atom. The summed E-state index contributed by atoms with van der Waals surface area (Å²) in [6.45, 7) is 1.69. The summed E-state index contributed by atoms with van der Waals surface area (Å²) in [5.41, 5.74) is 1.28. The van der Waals surface area contributed by atoms with Crippen molar-refractivity contribution in [2.24, 2.45) is 10.2 Å². The molecule has 0 saturated heterocycles. The minimum atomic E-state index is -2.08. The molecule has 1 aromatic heterocycles. The predicted molar refractivity (Wildman–Crippen MR) is 120 cm³/mol. The average Bonchev–Trinajstić information content (AvgIpc) is 2.79. The van der Waals surface area contributed by atoms with Crippen LogP contribution in [0.15, 0.2) is 89.2 Å². The maximum atomic E-state index is 11.8. The van der Waals surface area contributed by atoms with Gasteiger partial charge >= 0.3 is 69.3 Å². The summed E-state index contributed by atoms with van der Waals surface area (Å²) in [6.07, 6.45) is 1.62. The molecule has 0 aliphatic carbocycles. The summed E-state index contributed by atoms with van der Waals surface area (Å²) in [4.78, 5) is 14.1. The van der Waals surface area contributed by atoms with Crippen LogP contribution in [0.2, 0.25) is 0 Å². The molecular weight excluding hydrogens is 534 g/mol. The molecule has 0 fully saturated rings. The number of pyridine rings is 1. The first-order valence-corrected chi connectivity index (χ1v) is 17.2. The Hall–Kier alpha value is -2.49. The van der Waals surface area contributed by atoms with Crippen molar-refractivity contribution >= 4 is 56.2 Å². The predicted octanol–water partition coefficient (Wildman–Crippen LogP) is 3.38. The van der Waals surface area contributed by atoms with Gasteiger partial charge in [0.15, 0.2) is 0 Å². The monoisotopic (exact) mass is 550 g/mol. The van der Waals surface area contributed by atoms with Gasteiger partial charge in [0.1, 0.15) is 0 Å². The van der Waals surface area contributed by atoms with Crippen LogP contribution in [0.25, 0.3) is 0 Å². The minimum absolute atomic E-state index is 0.0836. The number of nitrogens with zero attached hydrogens (tertiary/aromatic N) is 4. The van der Waals surface area contributed by atoms with E-state index in [0.717, 1.165) is 3.58 Å². The number of hydrogen-bond acceptors (Lipinski definition) is 6. The standard InChI is InChI=1S/C14H12N4O3.C6H5.2ClH.Sn/c1-10(13-4-2-3-9-15-13)16-17-14(19)11-5-7-12(8-6-11)18(20)21;1-2-4-6-5-3-1;;;/h2-9H,1H3,(H,17,19);1-5H;2*1H;/q;;;;+3/p-3/b16-10+;;;;. The third kappa shape index (κ3) is 7.73. The van der Waals surface area contributed by atoms with Gasteiger partial charge in [-0.05, 0) is 36.8 Å². The van der Waals surface area contributed by atoms with Gasteiger partial charge in [-0.2, -0.15) is 10.2 Å². The second kappa shape index (κ2) is 12.3. The first-order chi connectivity index (χ1) is 14.4. The zero-order chi connectivity index (χ0) is 21.9. The van der Waals surface area contributed by atoms with Crippen molar-refractivity contribution in [2.75, 3.05) is 0 Å². The van der Waals surface area contributed by atoms with Crippen LogP contribution in [0.1, 0.15) is 18.2 Å². The van der Waals surface area contributed by atoms with Crippen molar-refractivity contribution in [3.05, 3.63) is 100 Å². The fraction of sp³-hybridized carbons (Fsp3) is 0.0500. The molecule has 0 N–H and O–H groups in total. The van der Waals surface area contributed by atoms with Gasteiger partial charge in [-0.3, -0.25) is 15.1 Å². The number of halogens is 2. The van der Waals surface area contributed by atoms with Gasteiger partial charge in [-0.25, -0.2) is 0 Å². The molecule has 0 unspecified atom stereocenters. The molecule has 0 aliphatic heterocycles. The fourth-order valence-electron chi connectivity index (χ4n) is 2.10. The second-order valence-electron chi connectivity index (χ2n) is 5.74. The number of hydrogen-bond donors (Lipinski definition) is 0. The summed E-state index contributed by atoms with van der Waals surface area (Å²) in [6, 6.07) is 20.4. The van der Waals surface area contributed by atoms with Crippen molar-refractivity contribution in [1.29, 1.82) is 0 Å². The Morgan fingerprint density at radius 2 is 1.60 bits per heavy atom. The second-order valence-corrected chi connectivity index (χ2v) is 15.2. The Bertz CT molecular complexity index is 1020. The molecule has 7 nitrogen and oxygen atoms in total. The molecule has 0 saturated carbocycles. The molecule has 0 spiro atoms. The van der Waals surface area contributed by atoms with E-state index < -0.39 is 28.3 Å². The number of nitro groups is 1. The SMILES string of the molecule is C/C(=N\N=C(\[O-])c1ccc([N+](=O)[O-])cc1)c1ccccn1.[Cl][Sn+]([Cl])[c]1ccccc1. The van der Waals surface area contributed by atoms with Gasteiger partial charge in [-0.15, -0.1) is 0 Å². The maximum absolute atomic E-state index is 11.8. The van der Waals surface area contributed by atoms with E-state index in [9.17, 15) is 15.2 Å². The molecule has 152 valence electrons. The normalized spacial score (nSPS) is 11.3. The molecule has 0 amide bonds. The summed E-state index contributed by atoms with van der Waals surface area (Å²) in [5.74, 6) is -0.569. The molecule has 3 aromatic rings. The molecule has 10 heteroatoms. The molecule has 30 heavy (non-hydrogen) atoms. The molecular formula is C20H16Cl2N4O3Sn. The van der Waals surface area contributed by atoms with E-state index in [0.29, 0.717) is 11.4 Å². The summed E-state index contributed by atoms with van der Waals surface area (Å²) in [5, 5.41) is 29.7. The third-order valence-corrected chi connectivity index (χ3v) is 8.77. The van der Waals surface area contributed by atoms with Crippen LogP contribution in [0.5, 0.6) is 0 Å². The number of benzene rings is 2. The quantitative estimate of drug-likeness (QED) is 0.160. The molecule has 0 atom stereocenters. The Kier molecular flexibility index (Phi) is 9.72. The zero-order valence-electron chi connectivity index (χ0n) is 15.8. The van der Waals surface area contributed by atoms with Crippen LogP contribution in [0.3, 0.4) is 0 Å². The van der Waals surface area contributed by atoms with E-state index >= 15 is 0 Å². The van der Waals surface area contributed by atoms with Crippen molar-refractivity contribution in [1.82, 2.24) is 4.98 Å². The average molecular weight is 550 g/mol. The first kappa shape index (κ1) is 23.8.